The van der Waals surface area contributed by atoms with Crippen LogP contribution in [0.1, 0.15) is 18.1 Å². The van der Waals surface area contributed by atoms with Gasteiger partial charge in [-0.05, 0) is 30.2 Å². The van der Waals surface area contributed by atoms with Crippen LogP contribution in [0.3, 0.4) is 0 Å². The van der Waals surface area contributed by atoms with Crippen molar-refractivity contribution in [1.29, 1.82) is 0 Å². The highest BCUT2D eigenvalue weighted by Gasteiger charge is 2.20. The van der Waals surface area contributed by atoms with Gasteiger partial charge >= 0.3 is 0 Å². The molecule has 0 aliphatic heterocycles. The summed E-state index contributed by atoms with van der Waals surface area (Å²) in [6.07, 6.45) is -2.07. The van der Waals surface area contributed by atoms with Gasteiger partial charge in [0.2, 0.25) is 0 Å². The molecule has 2 atom stereocenters. The maximum absolute atomic E-state index is 9.87. The second-order valence-electron chi connectivity index (χ2n) is 3.42. The Morgan fingerprint density at radius 1 is 1.35 bits per heavy atom. The van der Waals surface area contributed by atoms with E-state index in [0.29, 0.717) is 15.6 Å². The Morgan fingerprint density at radius 2 is 2.06 bits per heavy atom. The van der Waals surface area contributed by atoms with Gasteiger partial charge in [-0.15, -0.1) is 0 Å². The standard InChI is InChI=1S/C10H11Cl2N3O2/c11-6-1-2-8(12)7(5-6)10(17)9(16)3-4-14-15-13/h1-2,5,9-10,16-17H,3-4H2. The van der Waals surface area contributed by atoms with Gasteiger partial charge in [-0.1, -0.05) is 28.3 Å². The Kier molecular flexibility index (Phi) is 5.55. The van der Waals surface area contributed by atoms with E-state index in [1.54, 1.807) is 12.1 Å². The molecular formula is C10H11Cl2N3O2. The minimum Gasteiger partial charge on any atom is -0.390 e. The van der Waals surface area contributed by atoms with E-state index in [1.165, 1.54) is 6.07 Å². The predicted octanol–water partition coefficient (Wildman–Crippen LogP) is 3.09. The summed E-state index contributed by atoms with van der Waals surface area (Å²) in [4.78, 5) is 2.56. The van der Waals surface area contributed by atoms with Gasteiger partial charge in [-0.3, -0.25) is 0 Å². The van der Waals surface area contributed by atoms with Crippen LogP contribution in [0.15, 0.2) is 23.3 Å². The van der Waals surface area contributed by atoms with Gasteiger partial charge in [0.1, 0.15) is 6.10 Å². The highest BCUT2D eigenvalue weighted by atomic mass is 35.5. The van der Waals surface area contributed by atoms with Gasteiger partial charge in [-0.2, -0.15) is 0 Å². The van der Waals surface area contributed by atoms with Gasteiger partial charge in [0.15, 0.2) is 0 Å². The minimum atomic E-state index is -1.16. The molecule has 0 spiro atoms. The topological polar surface area (TPSA) is 89.2 Å². The van der Waals surface area contributed by atoms with Crippen molar-refractivity contribution in [2.45, 2.75) is 18.6 Å². The monoisotopic (exact) mass is 275 g/mol. The normalized spacial score (nSPS) is 13.9. The molecule has 2 N–H and O–H groups in total. The quantitative estimate of drug-likeness (QED) is 0.491. The molecule has 0 radical (unpaired) electrons. The lowest BCUT2D eigenvalue weighted by molar-refractivity contribution is 0.0151. The van der Waals surface area contributed by atoms with Crippen LogP contribution in [-0.2, 0) is 0 Å². The van der Waals surface area contributed by atoms with Crippen molar-refractivity contribution >= 4 is 23.2 Å². The molecule has 0 heterocycles. The molecule has 0 amide bonds. The lowest BCUT2D eigenvalue weighted by Gasteiger charge is -2.18. The van der Waals surface area contributed by atoms with Crippen molar-refractivity contribution in [2.75, 3.05) is 6.54 Å². The summed E-state index contributed by atoms with van der Waals surface area (Å²) in [5.41, 5.74) is 8.45. The van der Waals surface area contributed by atoms with E-state index in [2.05, 4.69) is 10.0 Å². The summed E-state index contributed by atoms with van der Waals surface area (Å²) in [7, 11) is 0. The van der Waals surface area contributed by atoms with Crippen LogP contribution < -0.4 is 0 Å². The molecule has 0 saturated carbocycles. The third-order valence-electron chi connectivity index (χ3n) is 2.23. The summed E-state index contributed by atoms with van der Waals surface area (Å²) < 4.78 is 0. The molecule has 0 saturated heterocycles. The average molecular weight is 276 g/mol. The number of nitrogens with zero attached hydrogens (tertiary/aromatic N) is 3. The number of hydrogen-bond acceptors (Lipinski definition) is 3. The third kappa shape index (κ3) is 4.07. The Bertz CT molecular complexity index is 436. The van der Waals surface area contributed by atoms with E-state index in [-0.39, 0.29) is 13.0 Å². The van der Waals surface area contributed by atoms with Gasteiger partial charge in [0.25, 0.3) is 0 Å². The van der Waals surface area contributed by atoms with Crippen LogP contribution in [-0.4, -0.2) is 22.9 Å². The van der Waals surface area contributed by atoms with Crippen LogP contribution in [0.25, 0.3) is 10.4 Å². The fraction of sp³-hybridized carbons (Fsp3) is 0.400. The molecule has 0 fully saturated rings. The Balaban J connectivity index is 2.76. The molecular weight excluding hydrogens is 265 g/mol. The number of aliphatic hydroxyl groups is 2. The molecule has 1 aromatic rings. The molecule has 0 bridgehead atoms. The van der Waals surface area contributed by atoms with Crippen molar-refractivity contribution in [2.24, 2.45) is 5.11 Å². The number of benzene rings is 1. The third-order valence-corrected chi connectivity index (χ3v) is 2.81. The molecule has 0 aromatic heterocycles. The number of halogens is 2. The summed E-state index contributed by atoms with van der Waals surface area (Å²) in [6, 6.07) is 4.63. The van der Waals surface area contributed by atoms with Crippen molar-refractivity contribution in [3.63, 3.8) is 0 Å². The number of rotatable bonds is 5. The highest BCUT2D eigenvalue weighted by molar-refractivity contribution is 6.33. The lowest BCUT2D eigenvalue weighted by atomic mass is 10.0. The molecule has 7 heteroatoms. The van der Waals surface area contributed by atoms with Crippen LogP contribution in [0.2, 0.25) is 10.0 Å². The van der Waals surface area contributed by atoms with E-state index in [1.807, 2.05) is 0 Å². The minimum absolute atomic E-state index is 0.104. The van der Waals surface area contributed by atoms with Gasteiger partial charge in [-0.25, -0.2) is 0 Å². The van der Waals surface area contributed by atoms with Gasteiger partial charge < -0.3 is 10.2 Å². The Hall–Kier alpha value is -0.970. The number of aliphatic hydroxyl groups excluding tert-OH is 2. The van der Waals surface area contributed by atoms with Crippen molar-refractivity contribution in [3.8, 4) is 0 Å². The summed E-state index contributed by atoms with van der Waals surface area (Å²) in [6.45, 7) is 0.104. The predicted molar refractivity (Wildman–Crippen MR) is 66.1 cm³/mol. The smallest absolute Gasteiger partial charge is 0.106 e. The molecule has 92 valence electrons. The molecule has 2 unspecified atom stereocenters. The van der Waals surface area contributed by atoms with E-state index < -0.39 is 12.2 Å². The second-order valence-corrected chi connectivity index (χ2v) is 4.26. The van der Waals surface area contributed by atoms with Crippen LogP contribution in [0.5, 0.6) is 0 Å². The van der Waals surface area contributed by atoms with E-state index >= 15 is 0 Å². The average Bonchev–Trinajstić information content (AvgIpc) is 2.31. The first-order valence-electron chi connectivity index (χ1n) is 4.88. The molecule has 0 aliphatic rings. The highest BCUT2D eigenvalue weighted by Crippen LogP contribution is 2.29. The zero-order chi connectivity index (χ0) is 12.8. The zero-order valence-electron chi connectivity index (χ0n) is 8.79. The van der Waals surface area contributed by atoms with E-state index in [9.17, 15) is 10.2 Å². The maximum atomic E-state index is 9.87. The number of hydrogen-bond donors (Lipinski definition) is 2. The number of azide groups is 1. The molecule has 17 heavy (non-hydrogen) atoms. The Labute approximate surface area is 108 Å². The van der Waals surface area contributed by atoms with Crippen LogP contribution >= 0.6 is 23.2 Å². The first-order valence-corrected chi connectivity index (χ1v) is 5.63. The van der Waals surface area contributed by atoms with E-state index in [0.717, 1.165) is 0 Å². The molecule has 1 rings (SSSR count). The molecule has 5 nitrogen and oxygen atoms in total. The van der Waals surface area contributed by atoms with Gasteiger partial charge in [0, 0.05) is 27.1 Å². The fourth-order valence-electron chi connectivity index (χ4n) is 1.34. The SMILES string of the molecule is [N-]=[N+]=NCCC(O)C(O)c1cc(Cl)ccc1Cl. The van der Waals surface area contributed by atoms with Crippen molar-refractivity contribution in [1.82, 2.24) is 0 Å². The van der Waals surface area contributed by atoms with Gasteiger partial charge in [0.05, 0.1) is 6.10 Å². The lowest BCUT2D eigenvalue weighted by Crippen LogP contribution is -2.19. The summed E-state index contributed by atoms with van der Waals surface area (Å²) >= 11 is 11.7. The second kappa shape index (κ2) is 6.69. The first-order chi connectivity index (χ1) is 8.06. The van der Waals surface area contributed by atoms with Crippen LogP contribution in [0.4, 0.5) is 0 Å². The van der Waals surface area contributed by atoms with Crippen molar-refractivity contribution in [3.05, 3.63) is 44.3 Å². The summed E-state index contributed by atoms with van der Waals surface area (Å²) in [5, 5.41) is 23.6. The van der Waals surface area contributed by atoms with E-state index in [4.69, 9.17) is 28.7 Å². The van der Waals surface area contributed by atoms with Crippen molar-refractivity contribution < 1.29 is 10.2 Å². The fourth-order valence-corrected chi connectivity index (χ4v) is 1.75. The Morgan fingerprint density at radius 3 is 2.71 bits per heavy atom. The first kappa shape index (κ1) is 14.1. The van der Waals surface area contributed by atoms with Crippen LogP contribution in [0, 0.1) is 0 Å². The maximum Gasteiger partial charge on any atom is 0.106 e. The summed E-state index contributed by atoms with van der Waals surface area (Å²) in [5.74, 6) is 0. The molecule has 0 aliphatic carbocycles. The molecule has 1 aromatic carbocycles. The zero-order valence-corrected chi connectivity index (χ0v) is 10.3. The largest absolute Gasteiger partial charge is 0.390 e.